The van der Waals surface area contributed by atoms with Crippen LogP contribution in [0.2, 0.25) is 0 Å². The molecule has 0 bridgehead atoms. The third kappa shape index (κ3) is 6.91. The summed E-state index contributed by atoms with van der Waals surface area (Å²) in [4.78, 5) is 23.2. The molecular weight excluding hydrogens is 654 g/mol. The van der Waals surface area contributed by atoms with E-state index in [-0.39, 0.29) is 30.8 Å². The van der Waals surface area contributed by atoms with Gasteiger partial charge in [0.2, 0.25) is 0 Å². The minimum Gasteiger partial charge on any atom is -0.497 e. The Labute approximate surface area is 282 Å². The highest BCUT2D eigenvalue weighted by Gasteiger charge is 2.50. The van der Waals surface area contributed by atoms with E-state index in [0.717, 1.165) is 16.7 Å². The number of hydrogen-bond acceptors (Lipinski definition) is 11. The first-order chi connectivity index (χ1) is 23.9. The molecule has 5 aromatic rings. The summed E-state index contributed by atoms with van der Waals surface area (Å²) in [6.07, 6.45) is -2.84. The Bertz CT molecular complexity index is 1890. The van der Waals surface area contributed by atoms with Gasteiger partial charge in [-0.25, -0.2) is 14.4 Å². The number of H-pyrrole nitrogens is 1. The molecule has 0 amide bonds. The number of hydrogen-bond donors (Lipinski definition) is 2. The Morgan fingerprint density at radius 2 is 1.63 bits per heavy atom. The number of methoxy groups -OCH3 is 2. The fourth-order valence-corrected chi connectivity index (χ4v) is 6.66. The maximum atomic E-state index is 16.5. The van der Waals surface area contributed by atoms with Gasteiger partial charge in [-0.2, -0.15) is 5.26 Å². The van der Waals surface area contributed by atoms with Gasteiger partial charge in [-0.3, -0.25) is 14.9 Å². The van der Waals surface area contributed by atoms with Gasteiger partial charge in [0.05, 0.1) is 52.6 Å². The largest absolute Gasteiger partial charge is 0.497 e. The summed E-state index contributed by atoms with van der Waals surface area (Å²) in [6.45, 7) is -0.171. The van der Waals surface area contributed by atoms with Crippen molar-refractivity contribution in [3.05, 3.63) is 119 Å². The molecular formula is C34H34FN6O7P. The van der Waals surface area contributed by atoms with Crippen LogP contribution in [0.15, 0.2) is 96.3 Å². The van der Waals surface area contributed by atoms with E-state index in [1.54, 1.807) is 14.2 Å². The molecule has 3 N–H and O–H groups in total. The van der Waals surface area contributed by atoms with Crippen molar-refractivity contribution in [3.63, 3.8) is 0 Å². The van der Waals surface area contributed by atoms with E-state index >= 15 is 4.39 Å². The Hall–Kier alpha value is -4.74. The third-order valence-electron chi connectivity index (χ3n) is 8.20. The van der Waals surface area contributed by atoms with Gasteiger partial charge in [-0.15, -0.1) is 0 Å². The Morgan fingerprint density at radius 3 is 2.24 bits per heavy atom. The lowest BCUT2D eigenvalue weighted by atomic mass is 9.80. The topological polar surface area (TPSA) is 169 Å². The monoisotopic (exact) mass is 688 g/mol. The zero-order chi connectivity index (χ0) is 34.4. The van der Waals surface area contributed by atoms with E-state index in [0.29, 0.717) is 11.5 Å². The van der Waals surface area contributed by atoms with Gasteiger partial charge in [0.15, 0.2) is 23.6 Å². The highest BCUT2D eigenvalue weighted by molar-refractivity contribution is 7.44. The second-order valence-electron chi connectivity index (χ2n) is 11.0. The Morgan fingerprint density at radius 1 is 1.00 bits per heavy atom. The molecule has 1 saturated heterocycles. The van der Waals surface area contributed by atoms with Crippen LogP contribution in [0.25, 0.3) is 11.2 Å². The molecule has 15 heteroatoms. The second-order valence-corrected chi connectivity index (χ2v) is 12.0. The van der Waals surface area contributed by atoms with E-state index < -0.39 is 44.3 Å². The van der Waals surface area contributed by atoms with E-state index in [9.17, 15) is 4.79 Å². The number of halogens is 1. The van der Waals surface area contributed by atoms with Crippen molar-refractivity contribution in [2.75, 3.05) is 27.4 Å². The lowest BCUT2D eigenvalue weighted by molar-refractivity contribution is -0.0912. The maximum absolute atomic E-state index is 16.5. The van der Waals surface area contributed by atoms with Crippen LogP contribution in [0.5, 0.6) is 11.5 Å². The van der Waals surface area contributed by atoms with Crippen molar-refractivity contribution >= 4 is 19.7 Å². The molecule has 13 nitrogen and oxygen atoms in total. The number of fused-ring (bicyclic) bond motifs is 1. The molecule has 3 heterocycles. The quantitative estimate of drug-likeness (QED) is 0.0927. The van der Waals surface area contributed by atoms with Crippen LogP contribution in [-0.4, -0.2) is 65.3 Å². The lowest BCUT2D eigenvalue weighted by Gasteiger charge is -2.37. The molecule has 0 aliphatic carbocycles. The number of alkyl halides is 1. The fraction of sp³-hybridized carbons (Fsp3) is 0.294. The number of aromatic nitrogens is 4. The molecule has 0 spiro atoms. The smallest absolute Gasteiger partial charge is 0.278 e. The minimum absolute atomic E-state index is 0.0126. The number of imidazole rings is 1. The van der Waals surface area contributed by atoms with E-state index in [1.807, 2.05) is 84.9 Å². The summed E-state index contributed by atoms with van der Waals surface area (Å²) in [5.74, 6) is 1.31. The first kappa shape index (κ1) is 34.1. The number of nitrogens with two attached hydrogens (primary N) is 1. The van der Waals surface area contributed by atoms with Gasteiger partial charge in [0.25, 0.3) is 14.1 Å². The summed E-state index contributed by atoms with van der Waals surface area (Å²) < 4.78 is 53.5. The van der Waals surface area contributed by atoms with Gasteiger partial charge >= 0.3 is 0 Å². The number of benzene rings is 3. The summed E-state index contributed by atoms with van der Waals surface area (Å²) >= 11 is 0. The first-order valence-corrected chi connectivity index (χ1v) is 16.5. The number of ether oxygens (including phenoxy) is 4. The standard InChI is InChI=1S/C34H34FN6O7P/c1-43-25-13-9-23(10-14-25)34(22-7-4-3-5-8-22,24-11-15-26(44-2)16-12-24)45-19-27-30(48-49(37)46-18-6-17-36)28(35)33(47-27)41-21-40-29-31(41)38-20-39-32(29)42/h3-5,7-16,20-21,27-28,30,33H,6,18-19,37H2,1-2H3,(H,38,39,42)/t27-,28-,30-,33-,49?/m1/s1. The molecule has 2 aromatic heterocycles. The summed E-state index contributed by atoms with van der Waals surface area (Å²) in [6, 6.07) is 26.6. The van der Waals surface area contributed by atoms with Crippen molar-refractivity contribution in [2.24, 2.45) is 5.50 Å². The molecule has 1 aliphatic rings. The van der Waals surface area contributed by atoms with E-state index in [2.05, 4.69) is 15.0 Å². The van der Waals surface area contributed by atoms with Gasteiger partial charge in [-0.05, 0) is 41.0 Å². The number of nitrogens with zero attached hydrogens (tertiary/aromatic N) is 4. The van der Waals surface area contributed by atoms with Crippen molar-refractivity contribution in [1.29, 1.82) is 5.26 Å². The molecule has 49 heavy (non-hydrogen) atoms. The number of aromatic amines is 1. The van der Waals surface area contributed by atoms with Crippen LogP contribution in [-0.2, 0) is 24.1 Å². The summed E-state index contributed by atoms with van der Waals surface area (Å²) in [5, 5.41) is 8.93. The SMILES string of the molecule is COc1ccc(C(OC[C@H]2O[C@@H](n3cnc4c(=O)[nH]cnc43)[C@H](F)[C@@H]2OP(N)OCCC#N)(c2ccccc2)c2ccc(OC)cc2)cc1. The predicted octanol–water partition coefficient (Wildman–Crippen LogP) is 4.88. The minimum atomic E-state index is -2.10. The molecule has 0 radical (unpaired) electrons. The van der Waals surface area contributed by atoms with Crippen LogP contribution in [0.1, 0.15) is 29.3 Å². The zero-order valence-electron chi connectivity index (χ0n) is 26.6. The van der Waals surface area contributed by atoms with Crippen LogP contribution in [0.3, 0.4) is 0 Å². The average Bonchev–Trinajstić information content (AvgIpc) is 3.70. The van der Waals surface area contributed by atoms with Gasteiger partial charge in [0.1, 0.15) is 29.3 Å². The van der Waals surface area contributed by atoms with Crippen molar-refractivity contribution < 1.29 is 32.4 Å². The Balaban J connectivity index is 1.41. The van der Waals surface area contributed by atoms with Crippen LogP contribution < -0.4 is 20.5 Å². The van der Waals surface area contributed by atoms with Crippen molar-refractivity contribution in [3.8, 4) is 17.6 Å². The van der Waals surface area contributed by atoms with E-state index in [4.69, 9.17) is 38.8 Å². The van der Waals surface area contributed by atoms with E-state index in [1.165, 1.54) is 17.2 Å². The number of nitriles is 1. The molecule has 1 aliphatic heterocycles. The highest BCUT2D eigenvalue weighted by atomic mass is 31.2. The molecule has 6 rings (SSSR count). The number of nitrogens with one attached hydrogen (secondary N) is 1. The molecule has 1 fully saturated rings. The summed E-state index contributed by atoms with van der Waals surface area (Å²) in [7, 11) is 1.07. The van der Waals surface area contributed by atoms with Crippen molar-refractivity contribution in [1.82, 2.24) is 19.5 Å². The lowest BCUT2D eigenvalue weighted by Crippen LogP contribution is -2.40. The molecule has 3 aromatic carbocycles. The molecule has 254 valence electrons. The molecule has 5 atom stereocenters. The van der Waals surface area contributed by atoms with Crippen LogP contribution in [0, 0.1) is 11.3 Å². The van der Waals surface area contributed by atoms with Gasteiger partial charge in [0, 0.05) is 0 Å². The normalized spacial score (nSPS) is 19.8. The van der Waals surface area contributed by atoms with Gasteiger partial charge in [-0.1, -0.05) is 54.6 Å². The fourth-order valence-electron chi connectivity index (χ4n) is 5.84. The average molecular weight is 689 g/mol. The predicted molar refractivity (Wildman–Crippen MR) is 177 cm³/mol. The van der Waals surface area contributed by atoms with Crippen LogP contribution in [0.4, 0.5) is 4.39 Å². The number of rotatable bonds is 14. The highest BCUT2D eigenvalue weighted by Crippen LogP contribution is 2.45. The van der Waals surface area contributed by atoms with Crippen molar-refractivity contribution in [2.45, 2.75) is 36.6 Å². The zero-order valence-corrected chi connectivity index (χ0v) is 27.5. The molecule has 0 saturated carbocycles. The summed E-state index contributed by atoms with van der Waals surface area (Å²) in [5.41, 5.74) is 6.91. The van der Waals surface area contributed by atoms with Crippen LogP contribution >= 0.6 is 8.53 Å². The Kier molecular flexibility index (Phi) is 10.6. The maximum Gasteiger partial charge on any atom is 0.278 e. The molecule has 1 unspecified atom stereocenters. The first-order valence-electron chi connectivity index (χ1n) is 15.3. The second kappa shape index (κ2) is 15.2. The third-order valence-corrected chi connectivity index (χ3v) is 9.09. The van der Waals surface area contributed by atoms with Gasteiger partial charge < -0.3 is 33.0 Å².